The van der Waals surface area contributed by atoms with Gasteiger partial charge in [-0.1, -0.05) is 43.7 Å². The van der Waals surface area contributed by atoms with Crippen LogP contribution in [0, 0.1) is 0 Å². The molecule has 7 heteroatoms. The van der Waals surface area contributed by atoms with Crippen LogP contribution in [-0.4, -0.2) is 39.8 Å². The lowest BCUT2D eigenvalue weighted by Gasteiger charge is -2.28. The predicted octanol–water partition coefficient (Wildman–Crippen LogP) is 2.99. The van der Waals surface area contributed by atoms with Crippen molar-refractivity contribution in [2.75, 3.05) is 23.7 Å². The van der Waals surface area contributed by atoms with E-state index in [0.717, 1.165) is 29.2 Å². The predicted molar refractivity (Wildman–Crippen MR) is 112 cm³/mol. The second kappa shape index (κ2) is 10.1. The van der Waals surface area contributed by atoms with E-state index in [1.165, 1.54) is 5.56 Å². The van der Waals surface area contributed by atoms with Gasteiger partial charge in [-0.15, -0.1) is 0 Å². The highest BCUT2D eigenvalue weighted by atomic mass is 32.2. The highest BCUT2D eigenvalue weighted by Crippen LogP contribution is 2.20. The van der Waals surface area contributed by atoms with Gasteiger partial charge in [0.05, 0.1) is 18.5 Å². The Kier molecular flexibility index (Phi) is 7.87. The van der Waals surface area contributed by atoms with E-state index in [0.29, 0.717) is 12.3 Å². The number of rotatable bonds is 10. The molecule has 152 valence electrons. The quantitative estimate of drug-likeness (QED) is 0.618. The standard InChI is InChI=1S/C21H28N2O4S/c1-4-8-18-11-13-20(14-12-18)27-16-15-22-21(24)17(2)23(28(3,25)26)19-9-6-5-7-10-19/h5-7,9-14,17H,4,8,15-16H2,1-3H3,(H,22,24)/t17-/m1/s1. The molecule has 2 aromatic carbocycles. The third-order valence-corrected chi connectivity index (χ3v) is 5.47. The number of hydrogen-bond acceptors (Lipinski definition) is 4. The Balaban J connectivity index is 1.89. The molecule has 0 aliphatic heterocycles. The van der Waals surface area contributed by atoms with Gasteiger partial charge in [-0.3, -0.25) is 9.10 Å². The summed E-state index contributed by atoms with van der Waals surface area (Å²) in [6.07, 6.45) is 3.22. The maximum atomic E-state index is 12.5. The van der Waals surface area contributed by atoms with Crippen molar-refractivity contribution in [3.05, 3.63) is 60.2 Å². The average Bonchev–Trinajstić information content (AvgIpc) is 2.66. The first kappa shape index (κ1) is 21.8. The highest BCUT2D eigenvalue weighted by Gasteiger charge is 2.28. The monoisotopic (exact) mass is 404 g/mol. The number of benzene rings is 2. The molecule has 2 rings (SSSR count). The number of aryl methyl sites for hydroxylation is 1. The van der Waals surface area contributed by atoms with Gasteiger partial charge >= 0.3 is 0 Å². The maximum Gasteiger partial charge on any atom is 0.243 e. The van der Waals surface area contributed by atoms with Crippen LogP contribution in [0.3, 0.4) is 0 Å². The van der Waals surface area contributed by atoms with Gasteiger partial charge in [0.2, 0.25) is 15.9 Å². The van der Waals surface area contributed by atoms with E-state index in [1.54, 1.807) is 37.3 Å². The van der Waals surface area contributed by atoms with E-state index < -0.39 is 16.1 Å². The summed E-state index contributed by atoms with van der Waals surface area (Å²) < 4.78 is 31.1. The minimum Gasteiger partial charge on any atom is -0.492 e. The SMILES string of the molecule is CCCc1ccc(OCCNC(=O)[C@@H](C)N(c2ccccc2)S(C)(=O)=O)cc1. The lowest BCUT2D eigenvalue weighted by molar-refractivity contribution is -0.121. The van der Waals surface area contributed by atoms with Gasteiger partial charge in [0, 0.05) is 0 Å². The van der Waals surface area contributed by atoms with E-state index >= 15 is 0 Å². The molecule has 6 nitrogen and oxygen atoms in total. The van der Waals surface area contributed by atoms with Gasteiger partial charge in [0.25, 0.3) is 0 Å². The van der Waals surface area contributed by atoms with Crippen molar-refractivity contribution in [2.45, 2.75) is 32.7 Å². The smallest absolute Gasteiger partial charge is 0.243 e. The zero-order chi connectivity index (χ0) is 20.6. The second-order valence-electron chi connectivity index (χ2n) is 6.60. The number of nitrogens with zero attached hydrogens (tertiary/aromatic N) is 1. The summed E-state index contributed by atoms with van der Waals surface area (Å²) in [5.41, 5.74) is 1.72. The van der Waals surface area contributed by atoms with Crippen molar-refractivity contribution < 1.29 is 17.9 Å². The number of ether oxygens (including phenoxy) is 1. The molecule has 0 fully saturated rings. The fraction of sp³-hybridized carbons (Fsp3) is 0.381. The lowest BCUT2D eigenvalue weighted by Crippen LogP contribution is -2.48. The molecule has 0 unspecified atom stereocenters. The first-order valence-electron chi connectivity index (χ1n) is 9.37. The van der Waals surface area contributed by atoms with Crippen molar-refractivity contribution in [2.24, 2.45) is 0 Å². The van der Waals surface area contributed by atoms with Crippen molar-refractivity contribution >= 4 is 21.6 Å². The number of carbonyl (C=O) groups excluding carboxylic acids is 1. The largest absolute Gasteiger partial charge is 0.492 e. The van der Waals surface area contributed by atoms with Crippen LogP contribution in [0.4, 0.5) is 5.69 Å². The molecular weight excluding hydrogens is 376 g/mol. The van der Waals surface area contributed by atoms with Crippen LogP contribution in [0.25, 0.3) is 0 Å². The lowest BCUT2D eigenvalue weighted by atomic mass is 10.1. The summed E-state index contributed by atoms with van der Waals surface area (Å²) in [6.45, 7) is 4.29. The molecule has 0 aliphatic rings. The van der Waals surface area contributed by atoms with E-state index in [-0.39, 0.29) is 12.5 Å². The van der Waals surface area contributed by atoms with Crippen LogP contribution < -0.4 is 14.4 Å². The minimum absolute atomic E-state index is 0.284. The molecular formula is C21H28N2O4S. The number of hydrogen-bond donors (Lipinski definition) is 1. The van der Waals surface area contributed by atoms with Gasteiger partial charge < -0.3 is 10.1 Å². The number of sulfonamides is 1. The molecule has 28 heavy (non-hydrogen) atoms. The maximum absolute atomic E-state index is 12.5. The summed E-state index contributed by atoms with van der Waals surface area (Å²) in [6, 6.07) is 15.6. The zero-order valence-electron chi connectivity index (χ0n) is 16.6. The Morgan fingerprint density at radius 2 is 1.75 bits per heavy atom. The van der Waals surface area contributed by atoms with E-state index in [4.69, 9.17) is 4.74 Å². The van der Waals surface area contributed by atoms with Crippen LogP contribution in [-0.2, 0) is 21.2 Å². The molecule has 0 saturated heterocycles. The number of para-hydroxylation sites is 1. The summed E-state index contributed by atoms with van der Waals surface area (Å²) in [5, 5.41) is 2.74. The van der Waals surface area contributed by atoms with E-state index in [9.17, 15) is 13.2 Å². The Morgan fingerprint density at radius 3 is 2.32 bits per heavy atom. The topological polar surface area (TPSA) is 75.7 Å². The third-order valence-electron chi connectivity index (χ3n) is 4.23. The van der Waals surface area contributed by atoms with Crippen LogP contribution in [0.5, 0.6) is 5.75 Å². The number of nitrogens with one attached hydrogen (secondary N) is 1. The molecule has 0 spiro atoms. The van der Waals surface area contributed by atoms with Gasteiger partial charge in [-0.25, -0.2) is 8.42 Å². The fourth-order valence-corrected chi connectivity index (χ4v) is 4.09. The van der Waals surface area contributed by atoms with Crippen LogP contribution in [0.2, 0.25) is 0 Å². The Morgan fingerprint density at radius 1 is 1.11 bits per heavy atom. The molecule has 0 aromatic heterocycles. The second-order valence-corrected chi connectivity index (χ2v) is 8.46. The Bertz CT molecular complexity index is 852. The molecule has 0 bridgehead atoms. The molecule has 0 saturated carbocycles. The van der Waals surface area contributed by atoms with Crippen molar-refractivity contribution in [1.29, 1.82) is 0 Å². The molecule has 0 aliphatic carbocycles. The fourth-order valence-electron chi connectivity index (χ4n) is 2.92. The first-order chi connectivity index (χ1) is 13.3. The molecule has 0 radical (unpaired) electrons. The van der Waals surface area contributed by atoms with Crippen LogP contribution >= 0.6 is 0 Å². The molecule has 0 heterocycles. The summed E-state index contributed by atoms with van der Waals surface area (Å²) in [5.74, 6) is 0.361. The van der Waals surface area contributed by atoms with E-state index in [2.05, 4.69) is 12.2 Å². The third kappa shape index (κ3) is 6.27. The van der Waals surface area contributed by atoms with Gasteiger partial charge in [0.15, 0.2) is 0 Å². The van der Waals surface area contributed by atoms with Gasteiger partial charge in [-0.05, 0) is 43.2 Å². The average molecular weight is 405 g/mol. The summed E-state index contributed by atoms with van der Waals surface area (Å²) >= 11 is 0. The normalized spacial score (nSPS) is 12.2. The Hall–Kier alpha value is -2.54. The first-order valence-corrected chi connectivity index (χ1v) is 11.2. The van der Waals surface area contributed by atoms with Crippen molar-refractivity contribution in [1.82, 2.24) is 5.32 Å². The number of anilines is 1. The molecule has 2 aromatic rings. The van der Waals surface area contributed by atoms with E-state index in [1.807, 2.05) is 24.3 Å². The molecule has 1 amide bonds. The summed E-state index contributed by atoms with van der Waals surface area (Å²) in [4.78, 5) is 12.5. The zero-order valence-corrected chi connectivity index (χ0v) is 17.4. The molecule has 1 N–H and O–H groups in total. The number of carbonyl (C=O) groups is 1. The molecule has 1 atom stereocenters. The summed E-state index contributed by atoms with van der Waals surface area (Å²) in [7, 11) is -3.60. The van der Waals surface area contributed by atoms with Gasteiger partial charge in [-0.2, -0.15) is 0 Å². The van der Waals surface area contributed by atoms with Crippen LogP contribution in [0.15, 0.2) is 54.6 Å². The number of amides is 1. The highest BCUT2D eigenvalue weighted by molar-refractivity contribution is 7.92. The van der Waals surface area contributed by atoms with Gasteiger partial charge in [0.1, 0.15) is 18.4 Å². The van der Waals surface area contributed by atoms with Crippen molar-refractivity contribution in [3.63, 3.8) is 0 Å². The van der Waals surface area contributed by atoms with Crippen molar-refractivity contribution in [3.8, 4) is 5.75 Å². The Labute approximate surface area is 167 Å². The minimum atomic E-state index is -3.60. The van der Waals surface area contributed by atoms with Crippen LogP contribution in [0.1, 0.15) is 25.8 Å².